The molecule has 6 rings (SSSR count). The number of rotatable bonds is 3. The number of amides is 1. The van der Waals surface area contributed by atoms with Crippen LogP contribution in [0.2, 0.25) is 0 Å². The van der Waals surface area contributed by atoms with Crippen LogP contribution in [0.15, 0.2) is 85.1 Å². The zero-order valence-electron chi connectivity index (χ0n) is 18.0. The normalized spacial score (nSPS) is 17.1. The van der Waals surface area contributed by atoms with Crippen molar-refractivity contribution in [3.63, 3.8) is 0 Å². The molecule has 0 radical (unpaired) electrons. The zero-order valence-corrected chi connectivity index (χ0v) is 18.0. The summed E-state index contributed by atoms with van der Waals surface area (Å²) in [5, 5.41) is 1.02. The van der Waals surface area contributed by atoms with Gasteiger partial charge in [0.05, 0.1) is 17.8 Å². The third kappa shape index (κ3) is 3.14. The van der Waals surface area contributed by atoms with Gasteiger partial charge in [0.1, 0.15) is 0 Å². The lowest BCUT2D eigenvalue weighted by molar-refractivity contribution is -0.0741. The molecule has 4 nitrogen and oxygen atoms in total. The number of piperidine rings is 1. The molecular formula is C28H26N2O2. The van der Waals surface area contributed by atoms with E-state index < -0.39 is 0 Å². The molecule has 2 aliphatic rings. The molecule has 0 aliphatic carbocycles. The highest BCUT2D eigenvalue weighted by Gasteiger charge is 2.43. The molecule has 0 saturated carbocycles. The Morgan fingerprint density at radius 1 is 0.875 bits per heavy atom. The van der Waals surface area contributed by atoms with Crippen molar-refractivity contribution in [2.75, 3.05) is 13.1 Å². The number of nitrogens with zero attached hydrogens (tertiary/aromatic N) is 2. The number of hydrogen-bond acceptors (Lipinski definition) is 2. The van der Waals surface area contributed by atoms with Gasteiger partial charge in [0.2, 0.25) is 0 Å². The standard InChI is InChI=1S/C28H26N2O2/c31-27(29-16-14-28(15-17-29)25-12-6-4-10-22(25)20-32-28)24-19-30(18-21-8-2-1-3-9-21)26-13-7-5-11-23(24)26/h1-13,19H,14-18,20H2. The molecule has 1 spiro atoms. The fourth-order valence-corrected chi connectivity index (χ4v) is 5.37. The van der Waals surface area contributed by atoms with Crippen LogP contribution in [0.3, 0.4) is 0 Å². The molecular weight excluding hydrogens is 396 g/mol. The van der Waals surface area contributed by atoms with Crippen LogP contribution < -0.4 is 0 Å². The number of carbonyl (C=O) groups excluding carboxylic acids is 1. The van der Waals surface area contributed by atoms with Crippen LogP contribution in [0.1, 0.15) is 39.9 Å². The third-order valence-electron chi connectivity index (χ3n) is 7.09. The average molecular weight is 423 g/mol. The van der Waals surface area contributed by atoms with Crippen LogP contribution in [0.4, 0.5) is 0 Å². The van der Waals surface area contributed by atoms with Gasteiger partial charge in [-0.15, -0.1) is 0 Å². The smallest absolute Gasteiger partial charge is 0.256 e. The lowest BCUT2D eigenvalue weighted by Gasteiger charge is -2.39. The fraction of sp³-hybridized carbons (Fsp3) is 0.250. The minimum Gasteiger partial charge on any atom is -0.365 e. The molecule has 4 aromatic rings. The van der Waals surface area contributed by atoms with Gasteiger partial charge in [0.15, 0.2) is 0 Å². The first-order chi connectivity index (χ1) is 15.7. The van der Waals surface area contributed by atoms with Gasteiger partial charge in [0, 0.05) is 36.7 Å². The highest BCUT2D eigenvalue weighted by molar-refractivity contribution is 6.07. The van der Waals surface area contributed by atoms with Gasteiger partial charge in [-0.1, -0.05) is 72.8 Å². The predicted octanol–water partition coefficient (Wildman–Crippen LogP) is 5.35. The van der Waals surface area contributed by atoms with Crippen LogP contribution in [0.25, 0.3) is 10.9 Å². The average Bonchev–Trinajstić information content (AvgIpc) is 3.39. The Hall–Kier alpha value is -3.37. The Bertz CT molecular complexity index is 1280. The first-order valence-corrected chi connectivity index (χ1v) is 11.4. The highest BCUT2D eigenvalue weighted by Crippen LogP contribution is 2.44. The van der Waals surface area contributed by atoms with Crippen molar-refractivity contribution in [3.05, 3.63) is 107 Å². The summed E-state index contributed by atoms with van der Waals surface area (Å²) in [7, 11) is 0. The minimum atomic E-state index is -0.227. The zero-order chi connectivity index (χ0) is 21.5. The summed E-state index contributed by atoms with van der Waals surface area (Å²) in [4.78, 5) is 15.6. The highest BCUT2D eigenvalue weighted by atomic mass is 16.5. The van der Waals surface area contributed by atoms with Gasteiger partial charge in [-0.05, 0) is 35.6 Å². The molecule has 0 unspecified atom stereocenters. The summed E-state index contributed by atoms with van der Waals surface area (Å²) in [6.45, 7) is 2.86. The maximum absolute atomic E-state index is 13.6. The van der Waals surface area contributed by atoms with Crippen molar-refractivity contribution in [2.45, 2.75) is 31.6 Å². The molecule has 32 heavy (non-hydrogen) atoms. The van der Waals surface area contributed by atoms with Crippen molar-refractivity contribution in [1.29, 1.82) is 0 Å². The molecule has 0 atom stereocenters. The number of para-hydroxylation sites is 1. The minimum absolute atomic E-state index is 0.120. The van der Waals surface area contributed by atoms with Crippen molar-refractivity contribution in [1.82, 2.24) is 9.47 Å². The summed E-state index contributed by atoms with van der Waals surface area (Å²) < 4.78 is 8.48. The second-order valence-corrected chi connectivity index (χ2v) is 8.91. The van der Waals surface area contributed by atoms with E-state index in [2.05, 4.69) is 65.2 Å². The number of hydrogen-bond donors (Lipinski definition) is 0. The Labute approximate surface area is 188 Å². The van der Waals surface area contributed by atoms with E-state index >= 15 is 0 Å². The van der Waals surface area contributed by atoms with E-state index in [0.717, 1.165) is 35.9 Å². The van der Waals surface area contributed by atoms with Crippen LogP contribution in [0.5, 0.6) is 0 Å². The van der Waals surface area contributed by atoms with Gasteiger partial charge in [0.25, 0.3) is 5.91 Å². The Morgan fingerprint density at radius 3 is 2.44 bits per heavy atom. The number of ether oxygens (including phenoxy) is 1. The Balaban J connectivity index is 1.26. The fourth-order valence-electron chi connectivity index (χ4n) is 5.37. The van der Waals surface area contributed by atoms with E-state index in [1.54, 1.807) is 0 Å². The molecule has 1 amide bonds. The first-order valence-electron chi connectivity index (χ1n) is 11.4. The molecule has 1 fully saturated rings. The largest absolute Gasteiger partial charge is 0.365 e. The first kappa shape index (κ1) is 19.3. The maximum Gasteiger partial charge on any atom is 0.256 e. The number of aromatic nitrogens is 1. The van der Waals surface area contributed by atoms with Gasteiger partial charge in [-0.25, -0.2) is 0 Å². The second-order valence-electron chi connectivity index (χ2n) is 8.91. The van der Waals surface area contributed by atoms with Gasteiger partial charge >= 0.3 is 0 Å². The molecule has 1 saturated heterocycles. The van der Waals surface area contributed by atoms with Crippen LogP contribution in [-0.2, 0) is 23.5 Å². The lowest BCUT2D eigenvalue weighted by Crippen LogP contribution is -2.45. The molecule has 0 bridgehead atoms. The van der Waals surface area contributed by atoms with E-state index in [9.17, 15) is 4.79 Å². The summed E-state index contributed by atoms with van der Waals surface area (Å²) in [6, 6.07) is 27.1. The van der Waals surface area contributed by atoms with E-state index in [1.165, 1.54) is 16.7 Å². The van der Waals surface area contributed by atoms with Crippen molar-refractivity contribution < 1.29 is 9.53 Å². The molecule has 0 N–H and O–H groups in total. The van der Waals surface area contributed by atoms with Gasteiger partial charge in [-0.3, -0.25) is 4.79 Å². The van der Waals surface area contributed by atoms with Gasteiger partial charge < -0.3 is 14.2 Å². The van der Waals surface area contributed by atoms with Crippen molar-refractivity contribution in [2.24, 2.45) is 0 Å². The van der Waals surface area contributed by atoms with E-state index in [1.807, 2.05) is 29.3 Å². The van der Waals surface area contributed by atoms with E-state index in [-0.39, 0.29) is 11.5 Å². The third-order valence-corrected chi connectivity index (χ3v) is 7.09. The predicted molar refractivity (Wildman–Crippen MR) is 126 cm³/mol. The number of benzene rings is 3. The van der Waals surface area contributed by atoms with Crippen molar-refractivity contribution >= 4 is 16.8 Å². The quantitative estimate of drug-likeness (QED) is 0.446. The van der Waals surface area contributed by atoms with E-state index in [4.69, 9.17) is 4.74 Å². The number of likely N-dealkylation sites (tertiary alicyclic amines) is 1. The van der Waals surface area contributed by atoms with Crippen molar-refractivity contribution in [3.8, 4) is 0 Å². The van der Waals surface area contributed by atoms with Crippen LogP contribution in [0, 0.1) is 0 Å². The molecule has 3 heterocycles. The lowest BCUT2D eigenvalue weighted by atomic mass is 9.83. The molecule has 4 heteroatoms. The van der Waals surface area contributed by atoms with E-state index in [0.29, 0.717) is 19.7 Å². The molecule has 160 valence electrons. The summed E-state index contributed by atoms with van der Waals surface area (Å²) in [5.41, 5.74) is 5.49. The van der Waals surface area contributed by atoms with Crippen LogP contribution in [-0.4, -0.2) is 28.5 Å². The monoisotopic (exact) mass is 422 g/mol. The summed E-state index contributed by atoms with van der Waals surface area (Å²) >= 11 is 0. The maximum atomic E-state index is 13.6. The van der Waals surface area contributed by atoms with Gasteiger partial charge in [-0.2, -0.15) is 0 Å². The number of carbonyl (C=O) groups is 1. The molecule has 1 aromatic heterocycles. The second kappa shape index (κ2) is 7.64. The molecule has 3 aromatic carbocycles. The molecule has 2 aliphatic heterocycles. The topological polar surface area (TPSA) is 34.5 Å². The SMILES string of the molecule is O=C(c1cn(Cc2ccccc2)c2ccccc12)N1CCC2(CC1)OCc1ccccc12. The summed E-state index contributed by atoms with van der Waals surface area (Å²) in [5.74, 6) is 0.120. The Morgan fingerprint density at radius 2 is 1.59 bits per heavy atom. The van der Waals surface area contributed by atoms with Crippen LogP contribution >= 0.6 is 0 Å². The summed E-state index contributed by atoms with van der Waals surface area (Å²) in [6.07, 6.45) is 3.72. The number of fused-ring (bicyclic) bond motifs is 3. The Kier molecular flexibility index (Phi) is 4.62.